The van der Waals surface area contributed by atoms with Gasteiger partial charge in [-0.1, -0.05) is 66.7 Å². The van der Waals surface area contributed by atoms with Crippen LogP contribution in [-0.4, -0.2) is 60.5 Å². The number of urea groups is 1. The summed E-state index contributed by atoms with van der Waals surface area (Å²) in [7, 11) is 0. The minimum absolute atomic E-state index is 0.0151. The molecule has 3 unspecified atom stereocenters. The number of nitrogens with zero attached hydrogens (tertiary/aromatic N) is 1. The molecule has 3 aromatic carbocycles. The summed E-state index contributed by atoms with van der Waals surface area (Å²) in [5.41, 5.74) is 6.29. The number of rotatable bonds is 9. The topological polar surface area (TPSA) is 92.3 Å². The number of aliphatic hydroxyl groups is 1. The van der Waals surface area contributed by atoms with Gasteiger partial charge < -0.3 is 30.0 Å². The van der Waals surface area contributed by atoms with E-state index in [4.69, 9.17) is 14.2 Å². The van der Waals surface area contributed by atoms with Gasteiger partial charge in [0.2, 0.25) is 0 Å². The molecular weight excluding hydrogens is 602 g/mol. The van der Waals surface area contributed by atoms with E-state index < -0.39 is 6.29 Å². The molecule has 6 aliphatic rings. The fourth-order valence-corrected chi connectivity index (χ4v) is 9.53. The maximum Gasteiger partial charge on any atom is 0.315 e. The minimum atomic E-state index is -0.482. The lowest BCUT2D eigenvalue weighted by atomic mass is 9.53. The fourth-order valence-electron chi connectivity index (χ4n) is 9.53. The quantitative estimate of drug-likeness (QED) is 0.245. The first-order valence-corrected chi connectivity index (χ1v) is 18.1. The number of amides is 2. The van der Waals surface area contributed by atoms with E-state index in [2.05, 4.69) is 76.2 Å². The number of aliphatic hydroxyl groups excluding tert-OH is 1. The summed E-state index contributed by atoms with van der Waals surface area (Å²) in [6.07, 6.45) is 7.77. The first-order chi connectivity index (χ1) is 23.5. The molecule has 8 heteroatoms. The van der Waals surface area contributed by atoms with Gasteiger partial charge in [-0.15, -0.1) is 0 Å². The Morgan fingerprint density at radius 2 is 1.48 bits per heavy atom. The molecule has 4 aliphatic carbocycles. The Kier molecular flexibility index (Phi) is 9.27. The van der Waals surface area contributed by atoms with Crippen molar-refractivity contribution >= 4 is 6.03 Å². The number of hydrogen-bond acceptors (Lipinski definition) is 6. The van der Waals surface area contributed by atoms with E-state index >= 15 is 0 Å². The molecule has 3 atom stereocenters. The maximum atomic E-state index is 13.1. The van der Waals surface area contributed by atoms with Gasteiger partial charge in [0.15, 0.2) is 6.29 Å². The number of nitrogens with one attached hydrogen (secondary N) is 2. The van der Waals surface area contributed by atoms with Gasteiger partial charge in [-0.2, -0.15) is 0 Å². The van der Waals surface area contributed by atoms with Crippen molar-refractivity contribution in [3.8, 4) is 11.1 Å². The maximum absolute atomic E-state index is 13.1. The summed E-state index contributed by atoms with van der Waals surface area (Å²) in [6, 6.07) is 24.9. The van der Waals surface area contributed by atoms with Crippen LogP contribution in [0.4, 0.5) is 4.79 Å². The van der Waals surface area contributed by atoms with E-state index in [1.54, 1.807) is 0 Å². The van der Waals surface area contributed by atoms with Crippen molar-refractivity contribution in [2.45, 2.75) is 82.1 Å². The molecule has 0 radical (unpaired) electrons. The molecule has 2 amide bonds. The van der Waals surface area contributed by atoms with Crippen molar-refractivity contribution in [2.75, 3.05) is 32.8 Å². The van der Waals surface area contributed by atoms with E-state index in [9.17, 15) is 9.90 Å². The van der Waals surface area contributed by atoms with Crippen LogP contribution < -0.4 is 10.6 Å². The van der Waals surface area contributed by atoms with Crippen LogP contribution in [0.2, 0.25) is 0 Å². The second kappa shape index (κ2) is 13.9. The highest BCUT2D eigenvalue weighted by Gasteiger charge is 2.51. The van der Waals surface area contributed by atoms with Crippen molar-refractivity contribution in [1.82, 2.24) is 15.5 Å². The van der Waals surface area contributed by atoms with Gasteiger partial charge in [0.25, 0.3) is 0 Å². The normalized spacial score (nSPS) is 31.4. The third-order valence-corrected chi connectivity index (χ3v) is 11.5. The molecule has 6 fully saturated rings. The summed E-state index contributed by atoms with van der Waals surface area (Å²) < 4.78 is 18.7. The largest absolute Gasteiger partial charge is 0.392 e. The zero-order valence-electron chi connectivity index (χ0n) is 27.8. The number of benzene rings is 3. The monoisotopic (exact) mass is 651 g/mol. The molecule has 2 aliphatic heterocycles. The van der Waals surface area contributed by atoms with Gasteiger partial charge in [0.05, 0.1) is 32.0 Å². The molecule has 254 valence electrons. The molecule has 4 bridgehead atoms. The van der Waals surface area contributed by atoms with Gasteiger partial charge >= 0.3 is 6.03 Å². The van der Waals surface area contributed by atoms with Crippen molar-refractivity contribution < 1.29 is 24.1 Å². The molecule has 0 spiro atoms. The molecular formula is C40H49N3O5. The standard InChI is InChI=1S/C40H49N3O5/c44-26-27-4-6-33(7-5-27)37-20-36(25-43-12-14-46-15-13-43)47-38(48-37)34-10-8-32(9-11-34)35-3-1-2-28(19-35)24-41-39(45)42-40-21-29-16-30(22-40)18-31(17-29)23-40/h1-11,19,29-31,36-38,44H,12-18,20-26H2,(H2,41,42,45). The van der Waals surface area contributed by atoms with Crippen LogP contribution in [0.25, 0.3) is 11.1 Å². The summed E-state index contributed by atoms with van der Waals surface area (Å²) >= 11 is 0. The third kappa shape index (κ3) is 7.19. The summed E-state index contributed by atoms with van der Waals surface area (Å²) in [5.74, 6) is 2.41. The Labute approximate surface area is 284 Å². The zero-order valence-corrected chi connectivity index (χ0v) is 27.8. The van der Waals surface area contributed by atoms with Crippen LogP contribution in [0, 0.1) is 17.8 Å². The zero-order chi connectivity index (χ0) is 32.5. The lowest BCUT2D eigenvalue weighted by molar-refractivity contribution is -0.253. The first-order valence-electron chi connectivity index (χ1n) is 18.1. The highest BCUT2D eigenvalue weighted by atomic mass is 16.7. The van der Waals surface area contributed by atoms with Crippen LogP contribution >= 0.6 is 0 Å². The van der Waals surface area contributed by atoms with Gasteiger partial charge in [-0.05, 0) is 90.2 Å². The Balaban J connectivity index is 0.918. The van der Waals surface area contributed by atoms with Crippen LogP contribution in [0.15, 0.2) is 72.8 Å². The molecule has 0 aromatic heterocycles. The van der Waals surface area contributed by atoms with Crippen LogP contribution in [-0.2, 0) is 27.4 Å². The smallest absolute Gasteiger partial charge is 0.315 e. The van der Waals surface area contributed by atoms with Gasteiger partial charge in [0, 0.05) is 43.7 Å². The highest BCUT2D eigenvalue weighted by molar-refractivity contribution is 5.75. The van der Waals surface area contributed by atoms with Crippen LogP contribution in [0.5, 0.6) is 0 Å². The van der Waals surface area contributed by atoms with Crippen molar-refractivity contribution in [3.63, 3.8) is 0 Å². The van der Waals surface area contributed by atoms with Crippen LogP contribution in [0.3, 0.4) is 0 Å². The average molecular weight is 652 g/mol. The van der Waals surface area contributed by atoms with Crippen molar-refractivity contribution in [1.29, 1.82) is 0 Å². The number of carbonyl (C=O) groups excluding carboxylic acids is 1. The Hall–Kier alpha value is -3.27. The number of morpholine rings is 1. The lowest BCUT2D eigenvalue weighted by Gasteiger charge is -2.56. The first kappa shape index (κ1) is 32.0. The summed E-state index contributed by atoms with van der Waals surface area (Å²) in [6.45, 7) is 4.71. The molecule has 4 saturated carbocycles. The second-order valence-electron chi connectivity index (χ2n) is 15.1. The van der Waals surface area contributed by atoms with Gasteiger partial charge in [-0.3, -0.25) is 4.90 Å². The number of ether oxygens (including phenoxy) is 3. The lowest BCUT2D eigenvalue weighted by Crippen LogP contribution is -2.61. The average Bonchev–Trinajstić information content (AvgIpc) is 3.10. The molecule has 3 aromatic rings. The molecule has 9 rings (SSSR count). The predicted octanol–water partition coefficient (Wildman–Crippen LogP) is 6.49. The molecule has 2 heterocycles. The van der Waals surface area contributed by atoms with E-state index in [0.717, 1.165) is 110 Å². The van der Waals surface area contributed by atoms with Crippen molar-refractivity contribution in [3.05, 3.63) is 95.1 Å². The van der Waals surface area contributed by atoms with E-state index in [-0.39, 0.29) is 30.4 Å². The van der Waals surface area contributed by atoms with E-state index in [1.165, 1.54) is 19.3 Å². The SMILES string of the molecule is O=C(NCc1cccc(-c2ccc(C3OC(CN4CCOCC4)CC(c4ccc(CO)cc4)O3)cc2)c1)NC12CC3CC(CC(C3)C1)C2. The summed E-state index contributed by atoms with van der Waals surface area (Å²) in [5, 5.41) is 16.1. The fraction of sp³-hybridized carbons (Fsp3) is 0.525. The van der Waals surface area contributed by atoms with Gasteiger partial charge in [0.1, 0.15) is 0 Å². The van der Waals surface area contributed by atoms with Crippen molar-refractivity contribution in [2.24, 2.45) is 17.8 Å². The van der Waals surface area contributed by atoms with Crippen LogP contribution in [0.1, 0.15) is 79.6 Å². The molecule has 2 saturated heterocycles. The summed E-state index contributed by atoms with van der Waals surface area (Å²) in [4.78, 5) is 15.5. The third-order valence-electron chi connectivity index (χ3n) is 11.5. The molecule has 3 N–H and O–H groups in total. The number of hydrogen-bond donors (Lipinski definition) is 3. The minimum Gasteiger partial charge on any atom is -0.392 e. The Bertz CT molecular complexity index is 1520. The highest BCUT2D eigenvalue weighted by Crippen LogP contribution is 2.55. The number of carbonyl (C=O) groups is 1. The van der Waals surface area contributed by atoms with E-state index in [1.807, 2.05) is 12.1 Å². The molecule has 8 nitrogen and oxygen atoms in total. The Morgan fingerprint density at radius 1 is 0.792 bits per heavy atom. The van der Waals surface area contributed by atoms with E-state index in [0.29, 0.717) is 6.54 Å². The molecule has 48 heavy (non-hydrogen) atoms. The Morgan fingerprint density at radius 3 is 2.17 bits per heavy atom. The second-order valence-corrected chi connectivity index (χ2v) is 15.1. The van der Waals surface area contributed by atoms with Gasteiger partial charge in [-0.25, -0.2) is 4.79 Å². The predicted molar refractivity (Wildman–Crippen MR) is 184 cm³/mol.